The third-order valence-corrected chi connectivity index (χ3v) is 10.2. The van der Waals surface area contributed by atoms with Crippen LogP contribution in [0.15, 0.2) is 153 Å². The zero-order valence-electron chi connectivity index (χ0n) is 26.9. The molecule has 47 heavy (non-hydrogen) atoms. The van der Waals surface area contributed by atoms with Crippen LogP contribution in [0, 0.1) is 0 Å². The van der Waals surface area contributed by atoms with Crippen molar-refractivity contribution in [1.29, 1.82) is 0 Å². The quantitative estimate of drug-likeness (QED) is 0.181. The Morgan fingerprint density at radius 1 is 0.702 bits per heavy atom. The van der Waals surface area contributed by atoms with E-state index in [0.717, 1.165) is 41.9 Å². The van der Waals surface area contributed by atoms with E-state index in [2.05, 4.69) is 167 Å². The number of rotatable bonds is 4. The lowest BCUT2D eigenvalue weighted by Crippen LogP contribution is -2.49. The third kappa shape index (κ3) is 5.18. The summed E-state index contributed by atoms with van der Waals surface area (Å²) in [6, 6.07) is 46.8. The SMILES string of the molecule is C=Cc1ccc(N(C)c2ccc(-c3ccc4c(c3)-c3cccc[n+]3C(=C)CC3C(CC4)c4ccccc4-c4cccc[n+]43)cc2)cc1. The zero-order chi connectivity index (χ0) is 31.9. The highest BCUT2D eigenvalue weighted by atomic mass is 15.1. The number of fused-ring (bicyclic) bond motifs is 9. The Labute approximate surface area is 278 Å². The summed E-state index contributed by atoms with van der Waals surface area (Å²) in [5, 5.41) is 0. The maximum atomic E-state index is 4.70. The number of benzene rings is 4. The summed E-state index contributed by atoms with van der Waals surface area (Å²) in [6.45, 7) is 8.58. The molecule has 3 heteroatoms. The molecule has 0 saturated carbocycles. The lowest BCUT2D eigenvalue weighted by molar-refractivity contribution is -0.720. The summed E-state index contributed by atoms with van der Waals surface area (Å²) < 4.78 is 4.83. The van der Waals surface area contributed by atoms with Gasteiger partial charge in [0.2, 0.25) is 11.4 Å². The topological polar surface area (TPSA) is 11.0 Å². The molecule has 0 N–H and O–H groups in total. The van der Waals surface area contributed by atoms with Gasteiger partial charge in [0.05, 0.1) is 12.0 Å². The van der Waals surface area contributed by atoms with Gasteiger partial charge in [0, 0.05) is 54.2 Å². The molecule has 6 aromatic rings. The number of aryl methyl sites for hydroxylation is 1. The van der Waals surface area contributed by atoms with E-state index in [4.69, 9.17) is 6.58 Å². The molecule has 0 aliphatic carbocycles. The Hall–Kier alpha value is -5.54. The van der Waals surface area contributed by atoms with E-state index in [0.29, 0.717) is 12.0 Å². The molecule has 0 spiro atoms. The molecule has 2 atom stereocenters. The van der Waals surface area contributed by atoms with Gasteiger partial charge in [-0.05, 0) is 95.8 Å². The van der Waals surface area contributed by atoms with Crippen molar-refractivity contribution in [3.8, 4) is 33.6 Å². The van der Waals surface area contributed by atoms with Gasteiger partial charge in [-0.2, -0.15) is 9.13 Å². The standard InChI is InChI=1S/C44H39N3/c1-4-32-15-22-36(23-16-32)45(3)37-24-19-33(20-25-37)35-18-17-34-21-26-40-38-11-5-6-12-39(38)42-13-8-10-28-47(42)44(40)29-31(2)46-27-9-7-14-43(46)41(34)30-35/h4-20,22-25,27-28,30,40,44H,1-2,21,26,29H2,3H3/q+2. The molecule has 4 heterocycles. The van der Waals surface area contributed by atoms with Crippen molar-refractivity contribution in [3.63, 3.8) is 0 Å². The minimum atomic E-state index is 0.298. The lowest BCUT2D eigenvalue weighted by Gasteiger charge is -2.31. The van der Waals surface area contributed by atoms with Crippen LogP contribution in [0.3, 0.4) is 0 Å². The molecule has 2 aromatic heterocycles. The van der Waals surface area contributed by atoms with Gasteiger partial charge in [-0.3, -0.25) is 0 Å². The summed E-state index contributed by atoms with van der Waals surface area (Å²) >= 11 is 0. The second-order valence-electron chi connectivity index (χ2n) is 12.8. The number of hydrogen-bond acceptors (Lipinski definition) is 1. The Morgan fingerprint density at radius 2 is 1.38 bits per heavy atom. The van der Waals surface area contributed by atoms with Crippen LogP contribution in [0.25, 0.3) is 45.4 Å². The van der Waals surface area contributed by atoms with Crippen LogP contribution in [0.5, 0.6) is 0 Å². The van der Waals surface area contributed by atoms with Gasteiger partial charge < -0.3 is 4.90 Å². The molecule has 3 nitrogen and oxygen atoms in total. The molecule has 0 radical (unpaired) electrons. The van der Waals surface area contributed by atoms with Crippen molar-refractivity contribution in [2.24, 2.45) is 0 Å². The minimum Gasteiger partial charge on any atom is -0.345 e. The number of aromatic nitrogens is 2. The molecule has 2 aliphatic rings. The number of hydrogen-bond donors (Lipinski definition) is 0. The van der Waals surface area contributed by atoms with E-state index in [-0.39, 0.29) is 0 Å². The molecule has 8 rings (SSSR count). The van der Waals surface area contributed by atoms with Gasteiger partial charge in [-0.25, -0.2) is 0 Å². The van der Waals surface area contributed by atoms with E-state index in [9.17, 15) is 0 Å². The zero-order valence-corrected chi connectivity index (χ0v) is 26.9. The first-order valence-corrected chi connectivity index (χ1v) is 16.6. The minimum absolute atomic E-state index is 0.298. The second-order valence-corrected chi connectivity index (χ2v) is 12.8. The molecule has 0 bridgehead atoms. The van der Waals surface area contributed by atoms with Gasteiger partial charge in [0.15, 0.2) is 24.1 Å². The molecular formula is C44H39N3+2. The van der Waals surface area contributed by atoms with Crippen molar-refractivity contribution >= 4 is 23.1 Å². The van der Waals surface area contributed by atoms with E-state index >= 15 is 0 Å². The van der Waals surface area contributed by atoms with Crippen LogP contribution >= 0.6 is 0 Å². The molecular weight excluding hydrogens is 571 g/mol. The normalized spacial score (nSPS) is 16.5. The first-order valence-electron chi connectivity index (χ1n) is 16.6. The fourth-order valence-electron chi connectivity index (χ4n) is 7.68. The highest BCUT2D eigenvalue weighted by Gasteiger charge is 2.42. The Morgan fingerprint density at radius 3 is 2.17 bits per heavy atom. The van der Waals surface area contributed by atoms with Crippen LogP contribution in [0.1, 0.15) is 41.5 Å². The Bertz CT molecular complexity index is 2120. The van der Waals surface area contributed by atoms with E-state index in [1.807, 2.05) is 6.08 Å². The van der Waals surface area contributed by atoms with Crippen molar-refractivity contribution in [1.82, 2.24) is 0 Å². The van der Waals surface area contributed by atoms with Crippen LogP contribution in [0.2, 0.25) is 0 Å². The maximum absolute atomic E-state index is 4.70. The number of nitrogens with zero attached hydrogens (tertiary/aromatic N) is 3. The molecule has 0 amide bonds. The van der Waals surface area contributed by atoms with Gasteiger partial charge in [-0.1, -0.05) is 67.3 Å². The number of allylic oxidation sites excluding steroid dienone is 1. The third-order valence-electron chi connectivity index (χ3n) is 10.2. The van der Waals surface area contributed by atoms with Crippen molar-refractivity contribution in [3.05, 3.63) is 170 Å². The summed E-state index contributed by atoms with van der Waals surface area (Å²) in [5.74, 6) is 0.388. The van der Waals surface area contributed by atoms with Crippen molar-refractivity contribution < 1.29 is 9.13 Å². The lowest BCUT2D eigenvalue weighted by atomic mass is 9.77. The average Bonchev–Trinajstić information content (AvgIpc) is 3.14. The van der Waals surface area contributed by atoms with Gasteiger partial charge in [0.25, 0.3) is 0 Å². The van der Waals surface area contributed by atoms with Crippen molar-refractivity contribution in [2.45, 2.75) is 31.2 Å². The van der Waals surface area contributed by atoms with Crippen LogP contribution in [-0.2, 0) is 6.42 Å². The predicted molar refractivity (Wildman–Crippen MR) is 194 cm³/mol. The molecule has 2 unspecified atom stereocenters. The van der Waals surface area contributed by atoms with Gasteiger partial charge in [0.1, 0.15) is 0 Å². The molecule has 228 valence electrons. The Kier molecular flexibility index (Phi) is 7.38. The number of anilines is 2. The van der Waals surface area contributed by atoms with Gasteiger partial charge in [-0.15, -0.1) is 0 Å². The summed E-state index contributed by atoms with van der Waals surface area (Å²) in [5.41, 5.74) is 14.9. The first-order chi connectivity index (χ1) is 23.1. The number of pyridine rings is 2. The van der Waals surface area contributed by atoms with Crippen molar-refractivity contribution in [2.75, 3.05) is 11.9 Å². The molecule has 0 fully saturated rings. The van der Waals surface area contributed by atoms with Crippen LogP contribution < -0.4 is 14.0 Å². The average molecular weight is 610 g/mol. The van der Waals surface area contributed by atoms with Gasteiger partial charge >= 0.3 is 0 Å². The molecule has 4 aromatic carbocycles. The summed E-state index contributed by atoms with van der Waals surface area (Å²) in [4.78, 5) is 2.22. The highest BCUT2D eigenvalue weighted by molar-refractivity contribution is 5.75. The fraction of sp³-hybridized carbons (Fsp3) is 0.136. The summed E-state index contributed by atoms with van der Waals surface area (Å²) in [6.07, 6.45) is 9.28. The Balaban J connectivity index is 1.17. The smallest absolute Gasteiger partial charge is 0.218 e. The molecule has 0 saturated heterocycles. The van der Waals surface area contributed by atoms with E-state index < -0.39 is 0 Å². The fourth-order valence-corrected chi connectivity index (χ4v) is 7.68. The van der Waals surface area contributed by atoms with Crippen LogP contribution in [0.4, 0.5) is 11.4 Å². The first kappa shape index (κ1) is 28.9. The monoisotopic (exact) mass is 609 g/mol. The highest BCUT2D eigenvalue weighted by Crippen LogP contribution is 2.44. The predicted octanol–water partition coefficient (Wildman–Crippen LogP) is 9.82. The van der Waals surface area contributed by atoms with E-state index in [1.54, 1.807) is 0 Å². The van der Waals surface area contributed by atoms with Crippen LogP contribution in [-0.4, -0.2) is 7.05 Å². The largest absolute Gasteiger partial charge is 0.345 e. The second kappa shape index (κ2) is 12.0. The van der Waals surface area contributed by atoms with E-state index in [1.165, 1.54) is 44.8 Å². The summed E-state index contributed by atoms with van der Waals surface area (Å²) in [7, 11) is 2.11. The molecule has 2 aliphatic heterocycles. The maximum Gasteiger partial charge on any atom is 0.218 e.